The van der Waals surface area contributed by atoms with Crippen LogP contribution in [0.15, 0.2) is 10.2 Å². The minimum Gasteiger partial charge on any atom is 0 e. The van der Waals surface area contributed by atoms with E-state index in [9.17, 15) is 0 Å². The Hall–Kier alpha value is -1.01. The molecule has 0 atom stereocenters. The molecule has 0 heterocycles. The van der Waals surface area contributed by atoms with Gasteiger partial charge in [-0.3, -0.25) is 0 Å². The topological polar surface area (TPSA) is 124 Å². The minimum absolute atomic E-state index is 0. The van der Waals surface area contributed by atoms with Crippen LogP contribution in [0.3, 0.4) is 0 Å². The summed E-state index contributed by atoms with van der Waals surface area (Å²) < 4.78 is 37.5. The van der Waals surface area contributed by atoms with E-state index in [2.05, 4.69) is 43.5 Å². The van der Waals surface area contributed by atoms with Gasteiger partial charge in [-0.15, -0.1) is 0 Å². The molecule has 0 rings (SSSR count). The maximum absolute atomic E-state index is 7.50. The molecule has 0 spiro atoms. The van der Waals surface area contributed by atoms with E-state index in [1.54, 1.807) is 0 Å². The standard InChI is InChI=1S/C5H12N2.5CO.W/c1-4-6-7-5(2)3;5*1-2;/h5H,4H2,1-3H3;;;;;;. The SMILES string of the molecule is CCN=NC(C)C.[C-]#[O+].[C-]#[O+].[C-]#[O+].[C-]#[O+].[C-]#[O+].[W]. The Kier molecular flexibility index (Phi) is 349. The quantitative estimate of drug-likeness (QED) is 0.364. The zero-order valence-electron chi connectivity index (χ0n) is 10.1. The summed E-state index contributed by atoms with van der Waals surface area (Å²) in [5, 5.41) is 7.66. The Morgan fingerprint density at radius 3 is 1.06 bits per heavy atom. The van der Waals surface area contributed by atoms with Crippen LogP contribution in [0.25, 0.3) is 0 Å². The molecular formula is C10H12N2O5W. The van der Waals surface area contributed by atoms with Crippen LogP contribution in [0, 0.1) is 33.3 Å². The fourth-order valence-corrected chi connectivity index (χ4v) is 0.245. The molecular weight excluding hydrogens is 412 g/mol. The van der Waals surface area contributed by atoms with Crippen molar-refractivity contribution in [3.05, 3.63) is 33.3 Å². The van der Waals surface area contributed by atoms with Crippen LogP contribution in [-0.2, 0) is 44.3 Å². The maximum atomic E-state index is 7.50. The molecule has 0 aromatic rings. The summed E-state index contributed by atoms with van der Waals surface area (Å²) >= 11 is 0. The third-order valence-electron chi connectivity index (χ3n) is 0.454. The minimum atomic E-state index is 0. The van der Waals surface area contributed by atoms with Gasteiger partial charge in [0.05, 0.1) is 12.6 Å². The van der Waals surface area contributed by atoms with Crippen molar-refractivity contribution in [2.75, 3.05) is 6.54 Å². The van der Waals surface area contributed by atoms with E-state index in [0.29, 0.717) is 6.04 Å². The van der Waals surface area contributed by atoms with Gasteiger partial charge in [0.25, 0.3) is 0 Å². The van der Waals surface area contributed by atoms with Gasteiger partial charge in [0.1, 0.15) is 0 Å². The van der Waals surface area contributed by atoms with Crippen molar-refractivity contribution in [1.82, 2.24) is 0 Å². The molecule has 7 nitrogen and oxygen atoms in total. The Morgan fingerprint density at radius 1 is 0.778 bits per heavy atom. The number of rotatable bonds is 2. The molecule has 0 aliphatic rings. The maximum Gasteiger partial charge on any atom is 0 e. The van der Waals surface area contributed by atoms with Gasteiger partial charge in [-0.05, 0) is 20.8 Å². The van der Waals surface area contributed by atoms with Crippen LogP contribution in [0.1, 0.15) is 20.8 Å². The summed E-state index contributed by atoms with van der Waals surface area (Å²) in [5.74, 6) is 0. The number of hydrogen-bond acceptors (Lipinski definition) is 2. The van der Waals surface area contributed by atoms with Gasteiger partial charge in [-0.2, -0.15) is 10.2 Å². The second kappa shape index (κ2) is 144. The van der Waals surface area contributed by atoms with Gasteiger partial charge in [0.2, 0.25) is 0 Å². The Balaban J connectivity index is -0.0000000189. The second-order valence-electron chi connectivity index (χ2n) is 1.67. The van der Waals surface area contributed by atoms with E-state index in [-0.39, 0.29) is 21.1 Å². The zero-order valence-corrected chi connectivity index (χ0v) is 13.1. The van der Waals surface area contributed by atoms with Crippen molar-refractivity contribution in [2.24, 2.45) is 10.2 Å². The van der Waals surface area contributed by atoms with Crippen molar-refractivity contribution >= 4 is 0 Å². The van der Waals surface area contributed by atoms with Gasteiger partial charge in [0, 0.05) is 21.1 Å². The van der Waals surface area contributed by atoms with Crippen molar-refractivity contribution in [3.63, 3.8) is 0 Å². The Morgan fingerprint density at radius 2 is 1.00 bits per heavy atom. The fourth-order valence-electron chi connectivity index (χ4n) is 0.245. The first-order valence-electron chi connectivity index (χ1n) is 3.66. The molecule has 0 aliphatic heterocycles. The molecule has 0 N–H and O–H groups in total. The first-order valence-corrected chi connectivity index (χ1v) is 3.66. The van der Waals surface area contributed by atoms with Crippen LogP contribution in [0.5, 0.6) is 0 Å². The molecule has 0 unspecified atom stereocenters. The average Bonchev–Trinajstić information content (AvgIpc) is 2.47. The number of azo groups is 1. The predicted molar refractivity (Wildman–Crippen MR) is 50.2 cm³/mol. The van der Waals surface area contributed by atoms with Crippen LogP contribution in [0.4, 0.5) is 0 Å². The third-order valence-corrected chi connectivity index (χ3v) is 0.454. The molecule has 0 bridgehead atoms. The van der Waals surface area contributed by atoms with Gasteiger partial charge in [-0.1, -0.05) is 0 Å². The van der Waals surface area contributed by atoms with E-state index < -0.39 is 0 Å². The van der Waals surface area contributed by atoms with Crippen molar-refractivity contribution in [1.29, 1.82) is 0 Å². The smallest absolute Gasteiger partial charge is 0 e. The summed E-state index contributed by atoms with van der Waals surface area (Å²) in [4.78, 5) is 0. The first-order chi connectivity index (χ1) is 8.27. The van der Waals surface area contributed by atoms with Crippen molar-refractivity contribution in [2.45, 2.75) is 26.8 Å². The van der Waals surface area contributed by atoms with E-state index in [4.69, 9.17) is 23.3 Å². The molecule has 0 aliphatic carbocycles. The molecule has 98 valence electrons. The number of hydrogen-bond donors (Lipinski definition) is 0. The monoisotopic (exact) mass is 424 g/mol. The van der Waals surface area contributed by atoms with Crippen molar-refractivity contribution < 1.29 is 44.3 Å². The van der Waals surface area contributed by atoms with E-state index >= 15 is 0 Å². The van der Waals surface area contributed by atoms with Crippen LogP contribution in [0.2, 0.25) is 0 Å². The predicted octanol–water partition coefficient (Wildman–Crippen LogP) is 1.68. The van der Waals surface area contributed by atoms with Crippen molar-refractivity contribution in [3.8, 4) is 0 Å². The molecule has 0 aromatic carbocycles. The summed E-state index contributed by atoms with van der Waals surface area (Å²) in [6, 6.07) is 0.361. The number of nitrogens with zero attached hydrogens (tertiary/aromatic N) is 2. The third kappa shape index (κ3) is 328. The van der Waals surface area contributed by atoms with Crippen LogP contribution in [-0.4, -0.2) is 12.6 Å². The van der Waals surface area contributed by atoms with Crippen LogP contribution < -0.4 is 0 Å². The van der Waals surface area contributed by atoms with E-state index in [1.807, 2.05) is 20.8 Å². The largest absolute Gasteiger partial charge is 0 e. The molecule has 0 radical (unpaired) electrons. The fraction of sp³-hybridized carbons (Fsp3) is 0.500. The first kappa shape index (κ1) is 43.5. The molecule has 0 amide bonds. The summed E-state index contributed by atoms with van der Waals surface area (Å²) in [7, 11) is 0. The van der Waals surface area contributed by atoms with Crippen LogP contribution >= 0.6 is 0 Å². The molecule has 0 saturated heterocycles. The van der Waals surface area contributed by atoms with E-state index in [0.717, 1.165) is 6.54 Å². The molecule has 8 heteroatoms. The van der Waals surface area contributed by atoms with Gasteiger partial charge < -0.3 is 0 Å². The summed E-state index contributed by atoms with van der Waals surface area (Å²) in [6.07, 6.45) is 0. The average molecular weight is 424 g/mol. The van der Waals surface area contributed by atoms with Gasteiger partial charge >= 0.3 is 56.5 Å². The molecule has 0 fully saturated rings. The van der Waals surface area contributed by atoms with Gasteiger partial charge in [-0.25, -0.2) is 0 Å². The molecule has 18 heavy (non-hydrogen) atoms. The van der Waals surface area contributed by atoms with E-state index in [1.165, 1.54) is 0 Å². The normalized spacial score (nSPS) is 5.00. The summed E-state index contributed by atoms with van der Waals surface area (Å²) in [6.45, 7) is 29.3. The Labute approximate surface area is 121 Å². The molecule has 0 saturated carbocycles. The van der Waals surface area contributed by atoms with Gasteiger partial charge in [0.15, 0.2) is 0 Å². The molecule has 0 aromatic heterocycles. The summed E-state index contributed by atoms with van der Waals surface area (Å²) in [5.41, 5.74) is 0. The zero-order chi connectivity index (χ0) is 15.7. The second-order valence-corrected chi connectivity index (χ2v) is 1.67. The Bertz CT molecular complexity index is 184.